The van der Waals surface area contributed by atoms with Gasteiger partial charge in [0.1, 0.15) is 6.61 Å². The average Bonchev–Trinajstić information content (AvgIpc) is 3.21. The quantitative estimate of drug-likeness (QED) is 0.0282. The molecule has 0 saturated heterocycles. The predicted octanol–water partition coefficient (Wildman–Crippen LogP) is 14.0. The van der Waals surface area contributed by atoms with E-state index >= 15 is 0 Å². The van der Waals surface area contributed by atoms with Crippen molar-refractivity contribution in [3.63, 3.8) is 0 Å². The number of carbonyl (C=O) groups excluding carboxylic acids is 2. The summed E-state index contributed by atoms with van der Waals surface area (Å²) in [5.41, 5.74) is 0. The molecule has 0 rings (SSSR count). The first-order valence-corrected chi connectivity index (χ1v) is 24.7. The van der Waals surface area contributed by atoms with E-state index in [0.29, 0.717) is 19.3 Å². The van der Waals surface area contributed by atoms with Gasteiger partial charge in [0.25, 0.3) is 0 Å². The van der Waals surface area contributed by atoms with E-state index in [1.165, 1.54) is 116 Å². The van der Waals surface area contributed by atoms with Gasteiger partial charge in [0.15, 0.2) is 12.1 Å². The zero-order valence-electron chi connectivity index (χ0n) is 39.7. The van der Waals surface area contributed by atoms with Crippen LogP contribution < -0.4 is 0 Å². The van der Waals surface area contributed by atoms with E-state index in [-0.39, 0.29) is 36.2 Å². The molecule has 0 amide bonds. The number of carboxylic acid groups (broad SMARTS) is 1. The summed E-state index contributed by atoms with van der Waals surface area (Å²) in [6.45, 7) is 4.64. The van der Waals surface area contributed by atoms with Crippen LogP contribution in [0.25, 0.3) is 0 Å². The zero-order valence-corrected chi connectivity index (χ0v) is 39.7. The molecule has 1 N–H and O–H groups in total. The summed E-state index contributed by atoms with van der Waals surface area (Å²) in [5, 5.41) is 9.64. The minimum absolute atomic E-state index is 0.0505. The Morgan fingerprint density at radius 3 is 1.38 bits per heavy atom. The molecular weight excluding hydrogens is 751 g/mol. The second-order valence-corrected chi connectivity index (χ2v) is 17.7. The molecule has 0 radical (unpaired) electrons. The van der Waals surface area contributed by atoms with Crippen LogP contribution >= 0.6 is 0 Å². The standard InChI is InChI=1S/C52H93NO7/c1-6-8-10-12-14-16-18-20-21-22-23-24-25-26-27-28-29-31-33-35-37-39-41-43-51(55)60-48(46-58-45-44-49(52(56)57)53(3,4)5)47-59-50(54)42-40-38-36-34-32-30-19-17-15-13-11-9-7-2/h8,10,14,16,20-21,23-24,48-49H,6-7,9,11-13,15,17-19,22,25-47H2,1-5H3/p+1/b10-8+,16-14+,21-20+,24-23+. The Hall–Kier alpha value is -2.71. The number of allylic oxidation sites excluding steroid dienone is 8. The molecule has 8 heteroatoms. The Morgan fingerprint density at radius 2 is 0.933 bits per heavy atom. The largest absolute Gasteiger partial charge is 0.477 e. The van der Waals surface area contributed by atoms with Gasteiger partial charge < -0.3 is 23.8 Å². The number of nitrogens with zero attached hydrogens (tertiary/aromatic N) is 1. The van der Waals surface area contributed by atoms with Crippen molar-refractivity contribution >= 4 is 17.9 Å². The van der Waals surface area contributed by atoms with Crippen LogP contribution in [0.5, 0.6) is 0 Å². The molecule has 2 atom stereocenters. The molecule has 0 bridgehead atoms. The molecule has 0 aliphatic carbocycles. The summed E-state index contributed by atoms with van der Waals surface area (Å²) in [6.07, 6.45) is 51.5. The van der Waals surface area contributed by atoms with Crippen LogP contribution in [0.4, 0.5) is 0 Å². The van der Waals surface area contributed by atoms with E-state index in [2.05, 4.69) is 62.5 Å². The third-order valence-corrected chi connectivity index (χ3v) is 11.0. The Balaban J connectivity index is 4.23. The number of carbonyl (C=O) groups is 3. The van der Waals surface area contributed by atoms with Gasteiger partial charge in [-0.2, -0.15) is 0 Å². The normalized spacial score (nSPS) is 13.3. The third kappa shape index (κ3) is 40.7. The fourth-order valence-corrected chi connectivity index (χ4v) is 7.20. The van der Waals surface area contributed by atoms with Gasteiger partial charge >= 0.3 is 17.9 Å². The smallest absolute Gasteiger partial charge is 0.362 e. The summed E-state index contributed by atoms with van der Waals surface area (Å²) in [4.78, 5) is 37.1. The first-order chi connectivity index (χ1) is 29.1. The highest BCUT2D eigenvalue weighted by atomic mass is 16.6. The van der Waals surface area contributed by atoms with Crippen LogP contribution in [-0.4, -0.2) is 80.6 Å². The molecule has 60 heavy (non-hydrogen) atoms. The number of carboxylic acids is 1. The van der Waals surface area contributed by atoms with E-state index in [4.69, 9.17) is 14.2 Å². The number of likely N-dealkylation sites (N-methyl/N-ethyl adjacent to an activating group) is 1. The summed E-state index contributed by atoms with van der Waals surface area (Å²) < 4.78 is 17.3. The van der Waals surface area contributed by atoms with Crippen molar-refractivity contribution in [3.05, 3.63) is 48.6 Å². The van der Waals surface area contributed by atoms with E-state index in [0.717, 1.165) is 64.2 Å². The molecule has 0 fully saturated rings. The van der Waals surface area contributed by atoms with Crippen molar-refractivity contribution in [3.8, 4) is 0 Å². The Labute approximate surface area is 369 Å². The third-order valence-electron chi connectivity index (χ3n) is 11.0. The second kappa shape index (κ2) is 43.0. The number of hydrogen-bond donors (Lipinski definition) is 1. The van der Waals surface area contributed by atoms with Crippen LogP contribution in [0.2, 0.25) is 0 Å². The summed E-state index contributed by atoms with van der Waals surface area (Å²) >= 11 is 0. The predicted molar refractivity (Wildman–Crippen MR) is 252 cm³/mol. The number of quaternary nitrogens is 1. The fraction of sp³-hybridized carbons (Fsp3) is 0.788. The zero-order chi connectivity index (χ0) is 44.2. The van der Waals surface area contributed by atoms with Gasteiger partial charge in [0, 0.05) is 19.3 Å². The molecule has 0 aromatic rings. The van der Waals surface area contributed by atoms with Gasteiger partial charge in [-0.3, -0.25) is 9.59 Å². The highest BCUT2D eigenvalue weighted by Gasteiger charge is 2.31. The van der Waals surface area contributed by atoms with Crippen LogP contribution in [0.3, 0.4) is 0 Å². The van der Waals surface area contributed by atoms with Gasteiger partial charge in [-0.05, 0) is 51.4 Å². The number of hydrogen-bond acceptors (Lipinski definition) is 6. The summed E-state index contributed by atoms with van der Waals surface area (Å²) in [7, 11) is 5.53. The van der Waals surface area contributed by atoms with E-state index in [1.54, 1.807) is 0 Å². The second-order valence-electron chi connectivity index (χ2n) is 17.7. The molecule has 0 aliphatic rings. The van der Waals surface area contributed by atoms with Crippen molar-refractivity contribution < 1.29 is 38.2 Å². The van der Waals surface area contributed by atoms with Crippen molar-refractivity contribution in [2.75, 3.05) is 41.0 Å². The van der Waals surface area contributed by atoms with Crippen LogP contribution in [0.1, 0.15) is 213 Å². The van der Waals surface area contributed by atoms with Crippen molar-refractivity contribution in [1.29, 1.82) is 0 Å². The lowest BCUT2D eigenvalue weighted by Gasteiger charge is -2.31. The lowest BCUT2D eigenvalue weighted by Crippen LogP contribution is -2.50. The maximum Gasteiger partial charge on any atom is 0.362 e. The number of unbranched alkanes of at least 4 members (excludes halogenated alkanes) is 22. The topological polar surface area (TPSA) is 99.1 Å². The monoisotopic (exact) mass is 845 g/mol. The van der Waals surface area contributed by atoms with E-state index < -0.39 is 18.1 Å². The van der Waals surface area contributed by atoms with Gasteiger partial charge in [0.2, 0.25) is 0 Å². The van der Waals surface area contributed by atoms with Crippen molar-refractivity contribution in [2.24, 2.45) is 0 Å². The highest BCUT2D eigenvalue weighted by molar-refractivity contribution is 5.72. The molecular formula is C52H94NO7+. The maximum atomic E-state index is 12.8. The number of rotatable bonds is 44. The average molecular weight is 845 g/mol. The number of ether oxygens (including phenoxy) is 3. The van der Waals surface area contributed by atoms with Gasteiger partial charge in [-0.25, -0.2) is 4.79 Å². The number of aliphatic carboxylic acids is 1. The molecule has 0 spiro atoms. The molecule has 0 aromatic carbocycles. The fourth-order valence-electron chi connectivity index (χ4n) is 7.20. The minimum Gasteiger partial charge on any atom is -0.477 e. The van der Waals surface area contributed by atoms with Crippen LogP contribution in [0, 0.1) is 0 Å². The molecule has 0 aromatic heterocycles. The molecule has 8 nitrogen and oxygen atoms in total. The molecule has 348 valence electrons. The van der Waals surface area contributed by atoms with Gasteiger partial charge in [-0.1, -0.05) is 191 Å². The molecule has 0 heterocycles. The maximum absolute atomic E-state index is 12.8. The first kappa shape index (κ1) is 57.3. The minimum atomic E-state index is -0.875. The van der Waals surface area contributed by atoms with Gasteiger partial charge in [-0.15, -0.1) is 0 Å². The Bertz CT molecular complexity index is 1120. The Kier molecular flexibility index (Phi) is 41.0. The van der Waals surface area contributed by atoms with Crippen LogP contribution in [0.15, 0.2) is 48.6 Å². The lowest BCUT2D eigenvalue weighted by molar-refractivity contribution is -0.887. The number of esters is 2. The first-order valence-electron chi connectivity index (χ1n) is 24.7. The molecule has 0 aliphatic heterocycles. The van der Waals surface area contributed by atoms with E-state index in [1.807, 2.05) is 21.1 Å². The summed E-state index contributed by atoms with van der Waals surface area (Å²) in [6, 6.07) is -0.615. The van der Waals surface area contributed by atoms with Crippen molar-refractivity contribution in [1.82, 2.24) is 0 Å². The molecule has 2 unspecified atom stereocenters. The van der Waals surface area contributed by atoms with Crippen molar-refractivity contribution in [2.45, 2.75) is 225 Å². The van der Waals surface area contributed by atoms with E-state index in [9.17, 15) is 19.5 Å². The van der Waals surface area contributed by atoms with Crippen LogP contribution in [-0.2, 0) is 28.6 Å². The summed E-state index contributed by atoms with van der Waals surface area (Å²) in [5.74, 6) is -1.46. The Morgan fingerprint density at radius 1 is 0.517 bits per heavy atom. The highest BCUT2D eigenvalue weighted by Crippen LogP contribution is 2.15. The lowest BCUT2D eigenvalue weighted by atomic mass is 10.0. The van der Waals surface area contributed by atoms with Gasteiger partial charge in [0.05, 0.1) is 34.4 Å². The molecule has 0 saturated carbocycles. The SMILES string of the molecule is CC/C=C/C/C=C/C/C=C/C/C=C/CCCCCCCCCCCCC(=O)OC(COCCC(C(=O)O)[N+](C)(C)C)COC(=O)CCCCCCCCCCCCCCC.